The van der Waals surface area contributed by atoms with Gasteiger partial charge in [-0.2, -0.15) is 15.8 Å². The van der Waals surface area contributed by atoms with Gasteiger partial charge < -0.3 is 15.4 Å². The molecule has 1 amide bonds. The number of ether oxygens (including phenoxy) is 1. The Bertz CT molecular complexity index is 1300. The van der Waals surface area contributed by atoms with Gasteiger partial charge in [-0.25, -0.2) is 4.79 Å². The summed E-state index contributed by atoms with van der Waals surface area (Å²) in [6, 6.07) is 23.0. The van der Waals surface area contributed by atoms with Crippen LogP contribution in [-0.2, 0) is 11.3 Å². The molecule has 2 aromatic carbocycles. The van der Waals surface area contributed by atoms with Gasteiger partial charge in [-0.3, -0.25) is 0 Å². The number of allylic oxidation sites excluding steroid dienone is 2. The summed E-state index contributed by atoms with van der Waals surface area (Å²) in [4.78, 5) is 14.4. The summed E-state index contributed by atoms with van der Waals surface area (Å²) in [7, 11) is 0. The third-order valence-corrected chi connectivity index (χ3v) is 6.83. The van der Waals surface area contributed by atoms with Crippen molar-refractivity contribution in [2.75, 3.05) is 13.1 Å². The van der Waals surface area contributed by atoms with Gasteiger partial charge in [-0.15, -0.1) is 0 Å². The van der Waals surface area contributed by atoms with Crippen molar-refractivity contribution in [1.29, 1.82) is 15.8 Å². The van der Waals surface area contributed by atoms with Crippen LogP contribution >= 0.6 is 15.9 Å². The van der Waals surface area contributed by atoms with Crippen molar-refractivity contribution >= 4 is 22.0 Å². The first kappa shape index (κ1) is 23.1. The Balaban J connectivity index is 1.74. The van der Waals surface area contributed by atoms with Crippen LogP contribution in [0.3, 0.4) is 0 Å². The minimum Gasteiger partial charge on any atom is -0.445 e. The second-order valence-corrected chi connectivity index (χ2v) is 9.09. The Morgan fingerprint density at radius 3 is 2.53 bits per heavy atom. The predicted molar refractivity (Wildman–Crippen MR) is 127 cm³/mol. The van der Waals surface area contributed by atoms with E-state index in [0.29, 0.717) is 11.1 Å². The van der Waals surface area contributed by atoms with Crippen molar-refractivity contribution in [3.05, 3.63) is 93.1 Å². The number of hydrogen-bond donors (Lipinski definition) is 1. The molecular formula is C26H20BrN5O2. The van der Waals surface area contributed by atoms with Gasteiger partial charge in [-0.05, 0) is 28.8 Å². The van der Waals surface area contributed by atoms with Crippen molar-refractivity contribution in [1.82, 2.24) is 4.90 Å². The molecule has 34 heavy (non-hydrogen) atoms. The molecule has 1 aliphatic carbocycles. The van der Waals surface area contributed by atoms with E-state index >= 15 is 0 Å². The van der Waals surface area contributed by atoms with Gasteiger partial charge in [0.25, 0.3) is 0 Å². The number of rotatable bonds is 3. The second kappa shape index (κ2) is 9.43. The lowest BCUT2D eigenvalue weighted by molar-refractivity contribution is 0.0898. The molecule has 0 fully saturated rings. The highest BCUT2D eigenvalue weighted by Crippen LogP contribution is 2.54. The third-order valence-electron chi connectivity index (χ3n) is 6.34. The monoisotopic (exact) mass is 513 g/mol. The molecule has 1 heterocycles. The summed E-state index contributed by atoms with van der Waals surface area (Å²) < 4.78 is 6.29. The molecule has 2 aliphatic rings. The van der Waals surface area contributed by atoms with Gasteiger partial charge in [0.1, 0.15) is 12.7 Å². The van der Waals surface area contributed by atoms with Gasteiger partial charge in [-0.1, -0.05) is 64.5 Å². The van der Waals surface area contributed by atoms with E-state index in [-0.39, 0.29) is 31.0 Å². The van der Waals surface area contributed by atoms with Gasteiger partial charge in [0.15, 0.2) is 5.41 Å². The zero-order valence-electron chi connectivity index (χ0n) is 18.1. The summed E-state index contributed by atoms with van der Waals surface area (Å²) in [5, 5.41) is 30.2. The molecule has 2 aromatic rings. The van der Waals surface area contributed by atoms with Gasteiger partial charge in [0.2, 0.25) is 0 Å². The van der Waals surface area contributed by atoms with Crippen molar-refractivity contribution in [3.8, 4) is 18.2 Å². The maximum atomic E-state index is 12.9. The number of halogens is 1. The maximum Gasteiger partial charge on any atom is 0.410 e. The number of nitrogens with two attached hydrogens (primary N) is 1. The van der Waals surface area contributed by atoms with Crippen LogP contribution in [0.15, 0.2) is 82.0 Å². The fraction of sp³-hybridized carbons (Fsp3) is 0.231. The van der Waals surface area contributed by atoms with E-state index in [2.05, 4.69) is 34.1 Å². The summed E-state index contributed by atoms with van der Waals surface area (Å²) in [6.45, 7) is 0.540. The van der Waals surface area contributed by atoms with Crippen LogP contribution in [0.2, 0.25) is 0 Å². The standard InChI is InChI=1S/C26H20BrN5O2/c27-19-8-4-7-18(11-19)23-22-13-32(25(33)34-14-17-5-2-1-3-6-17)10-9-20(22)21(12-28)24(31)26(23,15-29)16-30/h1-9,11,22-23H,10,13-14,31H2/t22-,23-/m0/s1. The number of amides is 1. The zero-order chi connectivity index (χ0) is 24.3. The van der Waals surface area contributed by atoms with Crippen LogP contribution in [0.4, 0.5) is 4.79 Å². The highest BCUT2D eigenvalue weighted by Gasteiger charge is 2.54. The van der Waals surface area contributed by atoms with E-state index in [1.807, 2.05) is 54.6 Å². The molecule has 7 nitrogen and oxygen atoms in total. The predicted octanol–water partition coefficient (Wildman–Crippen LogP) is 4.51. The van der Waals surface area contributed by atoms with Crippen LogP contribution < -0.4 is 5.73 Å². The molecule has 0 bridgehead atoms. The number of nitrogens with zero attached hydrogens (tertiary/aromatic N) is 4. The van der Waals surface area contributed by atoms with Gasteiger partial charge in [0, 0.05) is 29.4 Å². The summed E-state index contributed by atoms with van der Waals surface area (Å²) in [6.07, 6.45) is 1.26. The van der Waals surface area contributed by atoms with Crippen molar-refractivity contribution in [3.63, 3.8) is 0 Å². The van der Waals surface area contributed by atoms with E-state index in [4.69, 9.17) is 10.5 Å². The van der Waals surface area contributed by atoms with E-state index in [1.54, 1.807) is 6.08 Å². The van der Waals surface area contributed by atoms with E-state index in [1.165, 1.54) is 4.90 Å². The van der Waals surface area contributed by atoms with Crippen molar-refractivity contribution in [2.45, 2.75) is 12.5 Å². The topological polar surface area (TPSA) is 127 Å². The molecule has 0 unspecified atom stereocenters. The smallest absolute Gasteiger partial charge is 0.410 e. The number of carbonyl (C=O) groups excluding carboxylic acids is 1. The molecule has 0 radical (unpaired) electrons. The first-order valence-electron chi connectivity index (χ1n) is 10.6. The quantitative estimate of drug-likeness (QED) is 0.642. The Labute approximate surface area is 206 Å². The van der Waals surface area contributed by atoms with Crippen molar-refractivity contribution < 1.29 is 9.53 Å². The van der Waals surface area contributed by atoms with Crippen LogP contribution in [-0.4, -0.2) is 24.1 Å². The Hall–Kier alpha value is -4.06. The van der Waals surface area contributed by atoms with Gasteiger partial charge >= 0.3 is 6.09 Å². The summed E-state index contributed by atoms with van der Waals surface area (Å²) >= 11 is 3.46. The first-order chi connectivity index (χ1) is 16.4. The fourth-order valence-corrected chi connectivity index (χ4v) is 5.13. The summed E-state index contributed by atoms with van der Waals surface area (Å²) in [5.41, 5.74) is 6.88. The largest absolute Gasteiger partial charge is 0.445 e. The van der Waals surface area contributed by atoms with E-state index in [0.717, 1.165) is 10.0 Å². The minimum absolute atomic E-state index is 0.0485. The van der Waals surface area contributed by atoms with E-state index < -0.39 is 23.3 Å². The van der Waals surface area contributed by atoms with Crippen LogP contribution in [0.1, 0.15) is 17.0 Å². The zero-order valence-corrected chi connectivity index (χ0v) is 19.7. The molecule has 0 aromatic heterocycles. The molecule has 1 aliphatic heterocycles. The molecule has 0 saturated carbocycles. The Morgan fingerprint density at radius 2 is 1.88 bits per heavy atom. The molecule has 168 valence electrons. The number of carbonyl (C=O) groups is 1. The highest BCUT2D eigenvalue weighted by atomic mass is 79.9. The average molecular weight is 514 g/mol. The molecule has 4 rings (SSSR count). The lowest BCUT2D eigenvalue weighted by Gasteiger charge is -2.45. The van der Waals surface area contributed by atoms with Crippen LogP contribution in [0.25, 0.3) is 0 Å². The molecule has 2 atom stereocenters. The van der Waals surface area contributed by atoms with Crippen LogP contribution in [0, 0.1) is 45.3 Å². The molecule has 0 spiro atoms. The number of nitriles is 3. The Morgan fingerprint density at radius 1 is 1.15 bits per heavy atom. The second-order valence-electron chi connectivity index (χ2n) is 8.18. The van der Waals surface area contributed by atoms with Crippen molar-refractivity contribution in [2.24, 2.45) is 17.1 Å². The average Bonchev–Trinajstić information content (AvgIpc) is 2.87. The number of hydrogen-bond acceptors (Lipinski definition) is 6. The molecular weight excluding hydrogens is 494 g/mol. The van der Waals surface area contributed by atoms with Gasteiger partial charge in [0.05, 0.1) is 23.4 Å². The normalized spacial score (nSPS) is 20.8. The third kappa shape index (κ3) is 3.92. The number of benzene rings is 2. The molecule has 8 heteroatoms. The minimum atomic E-state index is -1.76. The van der Waals surface area contributed by atoms with E-state index in [9.17, 15) is 20.6 Å². The lowest BCUT2D eigenvalue weighted by atomic mass is 9.58. The number of fused-ring (bicyclic) bond motifs is 1. The summed E-state index contributed by atoms with van der Waals surface area (Å²) in [5.74, 6) is -1.18. The first-order valence-corrected chi connectivity index (χ1v) is 11.4. The lowest BCUT2D eigenvalue weighted by Crippen LogP contribution is -2.49. The molecule has 0 saturated heterocycles. The van der Waals surface area contributed by atoms with Crippen LogP contribution in [0.5, 0.6) is 0 Å². The Kier molecular flexibility index (Phi) is 6.41. The highest BCUT2D eigenvalue weighted by molar-refractivity contribution is 9.10. The fourth-order valence-electron chi connectivity index (χ4n) is 4.72. The molecule has 2 N–H and O–H groups in total. The SMILES string of the molecule is N#CC1=C(N)C(C#N)(C#N)[C@@H](c2cccc(Br)c2)[C@H]2CN(C(=O)OCc3ccccc3)CC=C12. The maximum absolute atomic E-state index is 12.9.